The van der Waals surface area contributed by atoms with Gasteiger partial charge in [0.05, 0.1) is 12.9 Å². The summed E-state index contributed by atoms with van der Waals surface area (Å²) in [6.45, 7) is 2.45. The van der Waals surface area contributed by atoms with E-state index < -0.39 is 23.8 Å². The van der Waals surface area contributed by atoms with Gasteiger partial charge in [-0.1, -0.05) is 6.92 Å². The van der Waals surface area contributed by atoms with Gasteiger partial charge in [-0.3, -0.25) is 24.3 Å². The number of aldehydes is 1. The number of pyridine rings is 1. The van der Waals surface area contributed by atoms with Gasteiger partial charge in [0.2, 0.25) is 5.91 Å². The lowest BCUT2D eigenvalue weighted by atomic mass is 10.1. The van der Waals surface area contributed by atoms with E-state index in [0.717, 1.165) is 22.4 Å². The molecule has 3 aromatic rings. The van der Waals surface area contributed by atoms with E-state index in [1.807, 2.05) is 0 Å². The Morgan fingerprint density at radius 1 is 1.24 bits per heavy atom. The minimum atomic E-state index is -4.56. The third-order valence-corrected chi connectivity index (χ3v) is 5.99. The van der Waals surface area contributed by atoms with Gasteiger partial charge in [-0.15, -0.1) is 11.3 Å². The maximum absolute atomic E-state index is 12.9. The van der Waals surface area contributed by atoms with E-state index in [-0.39, 0.29) is 48.2 Å². The summed E-state index contributed by atoms with van der Waals surface area (Å²) in [5, 5.41) is 6.83. The number of nitrogens with zero attached hydrogens (tertiary/aromatic N) is 5. The Kier molecular flexibility index (Phi) is 8.37. The molecule has 11 nitrogen and oxygen atoms in total. The van der Waals surface area contributed by atoms with Crippen LogP contribution in [0.15, 0.2) is 24.0 Å². The molecule has 0 radical (unpaired) electrons. The number of imidazole rings is 1. The number of hydrogen-bond acceptors (Lipinski definition) is 8. The second-order valence-electron chi connectivity index (χ2n) is 7.78. The van der Waals surface area contributed by atoms with Gasteiger partial charge in [0, 0.05) is 30.6 Å². The Bertz CT molecular complexity index is 1340. The number of Topliss-reactive ketones (excluding diaryl/α,β-unsaturated/α-hetero) is 1. The first kappa shape index (κ1) is 27.4. The highest BCUT2D eigenvalue weighted by Crippen LogP contribution is 2.33. The van der Waals surface area contributed by atoms with Crippen LogP contribution in [0.5, 0.6) is 0 Å². The number of urea groups is 1. The van der Waals surface area contributed by atoms with Crippen LogP contribution in [-0.2, 0) is 22.3 Å². The van der Waals surface area contributed by atoms with Crippen LogP contribution in [0.25, 0.3) is 10.6 Å². The zero-order valence-electron chi connectivity index (χ0n) is 19.9. The molecule has 0 unspecified atom stereocenters. The molecular formula is C22H22F3N7O4S. The van der Waals surface area contributed by atoms with E-state index in [2.05, 4.69) is 25.6 Å². The molecule has 0 spiro atoms. The fourth-order valence-corrected chi connectivity index (χ4v) is 3.92. The molecule has 0 fully saturated rings. The summed E-state index contributed by atoms with van der Waals surface area (Å²) in [4.78, 5) is 60.7. The van der Waals surface area contributed by atoms with Gasteiger partial charge in [-0.05, 0) is 18.6 Å². The molecule has 37 heavy (non-hydrogen) atoms. The van der Waals surface area contributed by atoms with Crippen molar-refractivity contribution in [3.05, 3.63) is 40.9 Å². The fourth-order valence-electron chi connectivity index (χ4n) is 3.19. The van der Waals surface area contributed by atoms with Gasteiger partial charge >= 0.3 is 12.2 Å². The number of rotatable bonds is 9. The summed E-state index contributed by atoms with van der Waals surface area (Å²) in [6.07, 6.45) is -1.59. The van der Waals surface area contributed by atoms with Crippen LogP contribution in [0.3, 0.4) is 0 Å². The Labute approximate surface area is 212 Å². The molecule has 3 amide bonds. The standard InChI is InChI=1S/C22H22F3N7O4S/c1-4-14(34)7-27-21(36)31(3)19-15(9-33)32(11-28-19)8-17(35)29-16-10-37-20(30-16)13-5-12(2)18(26-6-13)22(23,24)25/h5-6,9-11H,4,7-8H2,1-3H3,(H,27,36)(H,29,35). The van der Waals surface area contributed by atoms with Crippen LogP contribution in [0.2, 0.25) is 0 Å². The van der Waals surface area contributed by atoms with Gasteiger partial charge in [0.1, 0.15) is 28.8 Å². The quantitative estimate of drug-likeness (QED) is 0.399. The van der Waals surface area contributed by atoms with Crippen molar-refractivity contribution < 1.29 is 32.3 Å². The molecular weight excluding hydrogens is 515 g/mol. The number of ketones is 1. The van der Waals surface area contributed by atoms with E-state index in [9.17, 15) is 32.3 Å². The number of hydrogen-bond donors (Lipinski definition) is 2. The van der Waals surface area contributed by atoms with Crippen LogP contribution < -0.4 is 15.5 Å². The molecule has 2 N–H and O–H groups in total. The van der Waals surface area contributed by atoms with Gasteiger partial charge in [0.15, 0.2) is 17.9 Å². The Hall–Kier alpha value is -4.14. The second-order valence-corrected chi connectivity index (χ2v) is 8.64. The predicted octanol–water partition coefficient (Wildman–Crippen LogP) is 3.30. The Morgan fingerprint density at radius 2 is 1.97 bits per heavy atom. The number of carbonyl (C=O) groups is 4. The summed E-state index contributed by atoms with van der Waals surface area (Å²) in [5.74, 6) is -0.584. The van der Waals surface area contributed by atoms with E-state index >= 15 is 0 Å². The first-order chi connectivity index (χ1) is 17.4. The lowest BCUT2D eigenvalue weighted by Gasteiger charge is -2.16. The van der Waals surface area contributed by atoms with Crippen molar-refractivity contribution in [2.75, 3.05) is 23.8 Å². The molecule has 15 heteroatoms. The van der Waals surface area contributed by atoms with Crippen LogP contribution in [0, 0.1) is 6.92 Å². The number of aryl methyl sites for hydroxylation is 1. The smallest absolute Gasteiger partial charge is 0.331 e. The molecule has 0 aliphatic rings. The molecule has 0 aliphatic carbocycles. The first-order valence-corrected chi connectivity index (χ1v) is 11.7. The average Bonchev–Trinajstić information content (AvgIpc) is 3.47. The summed E-state index contributed by atoms with van der Waals surface area (Å²) < 4.78 is 40.1. The van der Waals surface area contributed by atoms with Crippen LogP contribution >= 0.6 is 11.3 Å². The monoisotopic (exact) mass is 537 g/mol. The second kappa shape index (κ2) is 11.3. The molecule has 3 aromatic heterocycles. The molecule has 0 bridgehead atoms. The maximum atomic E-state index is 12.9. The number of amides is 3. The van der Waals surface area contributed by atoms with Gasteiger partial charge in [0.25, 0.3) is 0 Å². The largest absolute Gasteiger partial charge is 0.433 e. The predicted molar refractivity (Wildman–Crippen MR) is 128 cm³/mol. The molecule has 0 saturated heterocycles. The minimum Gasteiger partial charge on any atom is -0.331 e. The molecule has 3 rings (SSSR count). The van der Waals surface area contributed by atoms with Crippen molar-refractivity contribution in [3.8, 4) is 10.6 Å². The van der Waals surface area contributed by atoms with Crippen LogP contribution in [-0.4, -0.2) is 57.1 Å². The normalized spacial score (nSPS) is 11.2. The van der Waals surface area contributed by atoms with Gasteiger partial charge in [-0.2, -0.15) is 13.2 Å². The highest BCUT2D eigenvalue weighted by Gasteiger charge is 2.34. The number of aromatic nitrogens is 4. The van der Waals surface area contributed by atoms with Gasteiger partial charge in [-0.25, -0.2) is 14.8 Å². The van der Waals surface area contributed by atoms with Crippen molar-refractivity contribution in [1.82, 2.24) is 24.8 Å². The van der Waals surface area contributed by atoms with E-state index in [1.165, 1.54) is 36.3 Å². The van der Waals surface area contributed by atoms with Crippen molar-refractivity contribution in [2.24, 2.45) is 0 Å². The third-order valence-electron chi connectivity index (χ3n) is 5.10. The number of alkyl halides is 3. The maximum Gasteiger partial charge on any atom is 0.433 e. The number of carbonyl (C=O) groups excluding carboxylic acids is 4. The average molecular weight is 538 g/mol. The molecule has 3 heterocycles. The summed E-state index contributed by atoms with van der Waals surface area (Å²) in [7, 11) is 1.36. The van der Waals surface area contributed by atoms with E-state index in [4.69, 9.17) is 0 Å². The summed E-state index contributed by atoms with van der Waals surface area (Å²) in [6, 6.07) is 0.664. The minimum absolute atomic E-state index is 0.00892. The third kappa shape index (κ3) is 6.55. The first-order valence-electron chi connectivity index (χ1n) is 10.8. The number of halogens is 3. The Morgan fingerprint density at radius 3 is 2.59 bits per heavy atom. The number of nitrogens with one attached hydrogen (secondary N) is 2. The zero-order chi connectivity index (χ0) is 27.3. The summed E-state index contributed by atoms with van der Waals surface area (Å²) >= 11 is 1.10. The van der Waals surface area contributed by atoms with Crippen molar-refractivity contribution in [2.45, 2.75) is 33.0 Å². The number of thiazole rings is 1. The van der Waals surface area contributed by atoms with Crippen molar-refractivity contribution in [1.29, 1.82) is 0 Å². The van der Waals surface area contributed by atoms with Crippen LogP contribution in [0.1, 0.15) is 35.1 Å². The molecule has 0 saturated carbocycles. The lowest BCUT2D eigenvalue weighted by Crippen LogP contribution is -2.40. The zero-order valence-corrected chi connectivity index (χ0v) is 20.7. The molecule has 0 aromatic carbocycles. The van der Waals surface area contributed by atoms with Gasteiger partial charge < -0.3 is 15.2 Å². The fraction of sp³-hybridized carbons (Fsp3) is 0.318. The summed E-state index contributed by atoms with van der Waals surface area (Å²) in [5.41, 5.74) is -0.719. The van der Waals surface area contributed by atoms with Crippen molar-refractivity contribution in [3.63, 3.8) is 0 Å². The number of anilines is 2. The van der Waals surface area contributed by atoms with E-state index in [0.29, 0.717) is 16.9 Å². The Balaban J connectivity index is 1.67. The molecule has 0 atom stereocenters. The molecule has 0 aliphatic heterocycles. The van der Waals surface area contributed by atoms with E-state index in [1.54, 1.807) is 6.92 Å². The SMILES string of the molecule is CCC(=O)CNC(=O)N(C)c1ncn(CC(=O)Nc2csc(-c3cnc(C(F)(F)F)c(C)c3)n2)c1C=O. The van der Waals surface area contributed by atoms with Crippen LogP contribution in [0.4, 0.5) is 29.6 Å². The van der Waals surface area contributed by atoms with Crippen molar-refractivity contribution >= 4 is 47.0 Å². The molecule has 196 valence electrons. The highest BCUT2D eigenvalue weighted by atomic mass is 32.1. The lowest BCUT2D eigenvalue weighted by molar-refractivity contribution is -0.141. The topological polar surface area (TPSA) is 139 Å². The highest BCUT2D eigenvalue weighted by molar-refractivity contribution is 7.13.